The quantitative estimate of drug-likeness (QED) is 0.494. The van der Waals surface area contributed by atoms with Gasteiger partial charge in [0, 0.05) is 17.9 Å². The van der Waals surface area contributed by atoms with Crippen LogP contribution in [0.3, 0.4) is 0 Å². The summed E-state index contributed by atoms with van der Waals surface area (Å²) in [5.41, 5.74) is -2.72. The van der Waals surface area contributed by atoms with Crippen LogP contribution in [0, 0.1) is 21.7 Å². The number of carboxylic acid groups (broad SMARTS) is 1. The standard InChI is InChI=1S/C19H13F2N3O5/c20-9-1-3-10(4-2-9)22-15-14(21)7-12-16(17(15)24(28)29)23(11-5-6-11)8-13(18(12)25)19(26)27/h1-4,7-8,11,22H,5-6H2,(H,26,27). The zero-order chi connectivity index (χ0) is 20.9. The van der Waals surface area contributed by atoms with Gasteiger partial charge in [0.15, 0.2) is 11.5 Å². The first-order valence-corrected chi connectivity index (χ1v) is 8.59. The summed E-state index contributed by atoms with van der Waals surface area (Å²) in [5, 5.41) is 23.3. The largest absolute Gasteiger partial charge is 0.477 e. The molecule has 0 bridgehead atoms. The molecule has 0 unspecified atom stereocenters. The highest BCUT2D eigenvalue weighted by molar-refractivity contribution is 5.99. The van der Waals surface area contributed by atoms with Gasteiger partial charge in [-0.2, -0.15) is 0 Å². The second-order valence-electron chi connectivity index (χ2n) is 6.68. The number of halogens is 2. The number of nitrogens with one attached hydrogen (secondary N) is 1. The number of aromatic carboxylic acids is 1. The lowest BCUT2D eigenvalue weighted by molar-refractivity contribution is -0.382. The second kappa shape index (κ2) is 6.66. The third kappa shape index (κ3) is 3.18. The van der Waals surface area contributed by atoms with E-state index in [2.05, 4.69) is 5.32 Å². The third-order valence-electron chi connectivity index (χ3n) is 4.71. The predicted molar refractivity (Wildman–Crippen MR) is 99.7 cm³/mol. The van der Waals surface area contributed by atoms with Gasteiger partial charge in [0.05, 0.1) is 10.3 Å². The maximum atomic E-state index is 14.8. The molecule has 0 radical (unpaired) electrons. The predicted octanol–water partition coefficient (Wildman–Crippen LogP) is 3.96. The van der Waals surface area contributed by atoms with Crippen molar-refractivity contribution in [2.75, 3.05) is 5.32 Å². The fourth-order valence-corrected chi connectivity index (χ4v) is 3.24. The molecule has 1 aromatic heterocycles. The molecular weight excluding hydrogens is 388 g/mol. The molecule has 10 heteroatoms. The lowest BCUT2D eigenvalue weighted by Crippen LogP contribution is -2.20. The smallest absolute Gasteiger partial charge is 0.341 e. The average Bonchev–Trinajstić information content (AvgIpc) is 3.49. The van der Waals surface area contributed by atoms with E-state index in [0.29, 0.717) is 12.8 Å². The molecule has 29 heavy (non-hydrogen) atoms. The van der Waals surface area contributed by atoms with Gasteiger partial charge in [-0.3, -0.25) is 14.9 Å². The van der Waals surface area contributed by atoms with Crippen LogP contribution in [0.5, 0.6) is 0 Å². The average molecular weight is 401 g/mol. The number of fused-ring (bicyclic) bond motifs is 1. The molecule has 0 spiro atoms. The Hall–Kier alpha value is -3.82. The Labute approximate surface area is 161 Å². The van der Waals surface area contributed by atoms with Gasteiger partial charge in [-0.1, -0.05) is 0 Å². The molecule has 0 aliphatic heterocycles. The van der Waals surface area contributed by atoms with Gasteiger partial charge < -0.3 is 15.0 Å². The molecule has 1 aliphatic rings. The van der Waals surface area contributed by atoms with Crippen molar-refractivity contribution in [3.8, 4) is 0 Å². The van der Waals surface area contributed by atoms with Crippen molar-refractivity contribution >= 4 is 33.9 Å². The summed E-state index contributed by atoms with van der Waals surface area (Å²) in [7, 11) is 0. The first kappa shape index (κ1) is 18.5. The zero-order valence-corrected chi connectivity index (χ0v) is 14.7. The molecule has 1 heterocycles. The van der Waals surface area contributed by atoms with Crippen LogP contribution in [0.15, 0.2) is 41.3 Å². The van der Waals surface area contributed by atoms with E-state index in [1.54, 1.807) is 0 Å². The van der Waals surface area contributed by atoms with Crippen molar-refractivity contribution in [3.63, 3.8) is 0 Å². The van der Waals surface area contributed by atoms with Gasteiger partial charge in [0.25, 0.3) is 0 Å². The van der Waals surface area contributed by atoms with Crippen LogP contribution < -0.4 is 10.7 Å². The molecule has 8 nitrogen and oxygen atoms in total. The molecule has 2 N–H and O–H groups in total. The Morgan fingerprint density at radius 3 is 2.45 bits per heavy atom. The van der Waals surface area contributed by atoms with Crippen molar-refractivity contribution in [2.45, 2.75) is 18.9 Å². The van der Waals surface area contributed by atoms with Gasteiger partial charge in [-0.05, 0) is 43.2 Å². The van der Waals surface area contributed by atoms with Crippen LogP contribution in [0.25, 0.3) is 10.9 Å². The summed E-state index contributed by atoms with van der Waals surface area (Å²) < 4.78 is 29.3. The number of rotatable bonds is 5. The molecular formula is C19H13F2N3O5. The van der Waals surface area contributed by atoms with Gasteiger partial charge in [-0.15, -0.1) is 0 Å². The van der Waals surface area contributed by atoms with E-state index in [9.17, 15) is 33.6 Å². The van der Waals surface area contributed by atoms with Crippen molar-refractivity contribution in [2.24, 2.45) is 0 Å². The molecule has 0 saturated heterocycles. The number of nitro groups is 1. The molecule has 0 amide bonds. The fourth-order valence-electron chi connectivity index (χ4n) is 3.24. The summed E-state index contributed by atoms with van der Waals surface area (Å²) in [6, 6.07) is 5.34. The van der Waals surface area contributed by atoms with Crippen molar-refractivity contribution in [3.05, 3.63) is 74.1 Å². The van der Waals surface area contributed by atoms with Gasteiger partial charge >= 0.3 is 11.7 Å². The van der Waals surface area contributed by atoms with E-state index in [0.717, 1.165) is 24.4 Å². The number of hydrogen-bond donors (Lipinski definition) is 2. The van der Waals surface area contributed by atoms with Crippen molar-refractivity contribution in [1.82, 2.24) is 4.57 Å². The maximum absolute atomic E-state index is 14.8. The third-order valence-corrected chi connectivity index (χ3v) is 4.71. The number of hydrogen-bond acceptors (Lipinski definition) is 5. The molecule has 1 aliphatic carbocycles. The van der Waals surface area contributed by atoms with E-state index < -0.39 is 44.9 Å². The lowest BCUT2D eigenvalue weighted by Gasteiger charge is -2.15. The highest BCUT2D eigenvalue weighted by atomic mass is 19.1. The highest BCUT2D eigenvalue weighted by Gasteiger charge is 2.33. The summed E-state index contributed by atoms with van der Waals surface area (Å²) in [4.78, 5) is 35.0. The van der Waals surface area contributed by atoms with Crippen LogP contribution in [-0.2, 0) is 0 Å². The highest BCUT2D eigenvalue weighted by Crippen LogP contribution is 2.43. The Morgan fingerprint density at radius 2 is 1.90 bits per heavy atom. The molecule has 1 fully saturated rings. The van der Waals surface area contributed by atoms with Crippen LogP contribution in [0.4, 0.5) is 25.8 Å². The summed E-state index contributed by atoms with van der Waals surface area (Å²) >= 11 is 0. The van der Waals surface area contributed by atoms with Crippen LogP contribution in [-0.4, -0.2) is 20.6 Å². The van der Waals surface area contributed by atoms with Crippen LogP contribution in [0.2, 0.25) is 0 Å². The minimum absolute atomic E-state index is 0.154. The number of carbonyl (C=O) groups is 1. The first-order valence-electron chi connectivity index (χ1n) is 8.59. The van der Waals surface area contributed by atoms with Gasteiger partial charge in [0.2, 0.25) is 5.43 Å². The van der Waals surface area contributed by atoms with Crippen LogP contribution in [0.1, 0.15) is 29.2 Å². The lowest BCUT2D eigenvalue weighted by atomic mass is 10.1. The van der Waals surface area contributed by atoms with Crippen molar-refractivity contribution < 1.29 is 23.6 Å². The Bertz CT molecular complexity index is 1230. The van der Waals surface area contributed by atoms with Crippen LogP contribution >= 0.6 is 0 Å². The van der Waals surface area contributed by atoms with E-state index in [-0.39, 0.29) is 22.6 Å². The van der Waals surface area contributed by atoms with E-state index in [4.69, 9.17) is 0 Å². The molecule has 3 aromatic rings. The molecule has 148 valence electrons. The topological polar surface area (TPSA) is 114 Å². The summed E-state index contributed by atoms with van der Waals surface area (Å²) in [6.07, 6.45) is 2.36. The van der Waals surface area contributed by atoms with Crippen molar-refractivity contribution in [1.29, 1.82) is 0 Å². The fraction of sp³-hybridized carbons (Fsp3) is 0.158. The SMILES string of the molecule is O=C(O)c1cn(C2CC2)c2c([N+](=O)[O-])c(Nc3ccc(F)cc3)c(F)cc2c1=O. The number of nitrogens with zero attached hydrogens (tertiary/aromatic N) is 2. The second-order valence-corrected chi connectivity index (χ2v) is 6.68. The Kier molecular flexibility index (Phi) is 4.26. The molecule has 0 atom stereocenters. The Balaban J connectivity index is 2.05. The minimum atomic E-state index is -1.50. The number of pyridine rings is 1. The Morgan fingerprint density at radius 1 is 1.24 bits per heavy atom. The number of anilines is 2. The molecule has 2 aromatic carbocycles. The summed E-state index contributed by atoms with van der Waals surface area (Å²) in [5.74, 6) is -3.13. The van der Waals surface area contributed by atoms with Gasteiger partial charge in [0.1, 0.15) is 16.9 Å². The molecule has 1 saturated carbocycles. The zero-order valence-electron chi connectivity index (χ0n) is 14.7. The number of benzene rings is 2. The van der Waals surface area contributed by atoms with E-state index in [1.165, 1.54) is 16.7 Å². The monoisotopic (exact) mass is 401 g/mol. The van der Waals surface area contributed by atoms with E-state index in [1.807, 2.05) is 0 Å². The minimum Gasteiger partial charge on any atom is -0.477 e. The number of carboxylic acids is 1. The normalized spacial score (nSPS) is 13.4. The number of nitro benzene ring substituents is 1. The number of aromatic nitrogens is 1. The summed E-state index contributed by atoms with van der Waals surface area (Å²) in [6.45, 7) is 0. The maximum Gasteiger partial charge on any atom is 0.341 e. The first-order chi connectivity index (χ1) is 13.8. The van der Waals surface area contributed by atoms with Gasteiger partial charge in [-0.25, -0.2) is 13.6 Å². The van der Waals surface area contributed by atoms with E-state index >= 15 is 0 Å². The molecule has 4 rings (SSSR count).